The predicted octanol–water partition coefficient (Wildman–Crippen LogP) is 2.10. The topological polar surface area (TPSA) is 76.6 Å². The third-order valence-electron chi connectivity index (χ3n) is 4.62. The number of amides is 1. The molecule has 7 heteroatoms. The summed E-state index contributed by atoms with van der Waals surface area (Å²) in [7, 11) is 1.95. The summed E-state index contributed by atoms with van der Waals surface area (Å²) in [4.78, 5) is 28.5. The smallest absolute Gasteiger partial charge is 0.244 e. The minimum absolute atomic E-state index is 0.0978. The van der Waals surface area contributed by atoms with Crippen LogP contribution in [0.3, 0.4) is 0 Å². The van der Waals surface area contributed by atoms with Crippen LogP contribution in [0.5, 0.6) is 0 Å². The van der Waals surface area contributed by atoms with Crippen LogP contribution in [0.2, 0.25) is 0 Å². The predicted molar refractivity (Wildman–Crippen MR) is 107 cm³/mol. The average molecular weight is 368 g/mol. The Morgan fingerprint density at radius 1 is 1.30 bits per heavy atom. The molecular formula is C20H28N6O. The molecule has 0 atom stereocenters. The number of aromatic amines is 1. The summed E-state index contributed by atoms with van der Waals surface area (Å²) in [6, 6.07) is 10.1. The van der Waals surface area contributed by atoms with Crippen LogP contribution >= 0.6 is 0 Å². The van der Waals surface area contributed by atoms with Crippen molar-refractivity contribution in [3.8, 4) is 11.3 Å². The Labute approximate surface area is 160 Å². The van der Waals surface area contributed by atoms with E-state index >= 15 is 0 Å². The first-order valence-corrected chi connectivity index (χ1v) is 9.54. The second-order valence-corrected chi connectivity index (χ2v) is 6.72. The zero-order chi connectivity index (χ0) is 19.1. The fourth-order valence-corrected chi connectivity index (χ4v) is 3.19. The molecule has 3 rings (SSSR count). The molecule has 0 radical (unpaired) electrons. The van der Waals surface area contributed by atoms with E-state index in [1.165, 1.54) is 0 Å². The van der Waals surface area contributed by atoms with Crippen LogP contribution < -0.4 is 5.32 Å². The number of carbonyl (C=O) groups is 1. The van der Waals surface area contributed by atoms with Gasteiger partial charge in [-0.2, -0.15) is 0 Å². The lowest BCUT2D eigenvalue weighted by molar-refractivity contribution is -0.128. The number of nitrogens with zero attached hydrogens (tertiary/aromatic N) is 4. The molecule has 2 heterocycles. The number of hydrogen-bond donors (Lipinski definition) is 2. The van der Waals surface area contributed by atoms with E-state index in [4.69, 9.17) is 0 Å². The van der Waals surface area contributed by atoms with E-state index in [2.05, 4.69) is 32.4 Å². The summed E-state index contributed by atoms with van der Waals surface area (Å²) < 4.78 is 0. The minimum atomic E-state index is 0.0978. The number of guanidine groups is 1. The molecule has 0 saturated carbocycles. The number of benzene rings is 1. The third kappa shape index (κ3) is 5.09. The maximum atomic E-state index is 12.2. The Bertz CT molecular complexity index is 764. The second kappa shape index (κ2) is 9.21. The Balaban J connectivity index is 1.62. The molecular weight excluding hydrogens is 340 g/mol. The summed E-state index contributed by atoms with van der Waals surface area (Å²) in [6.45, 7) is 5.24. The van der Waals surface area contributed by atoms with Crippen LogP contribution in [-0.2, 0) is 11.3 Å². The van der Waals surface area contributed by atoms with Crippen molar-refractivity contribution in [2.75, 3.05) is 33.2 Å². The fourth-order valence-electron chi connectivity index (χ4n) is 3.19. The number of hydrogen-bond acceptors (Lipinski definition) is 3. The molecule has 1 aliphatic heterocycles. The molecule has 27 heavy (non-hydrogen) atoms. The fraction of sp³-hybridized carbons (Fsp3) is 0.450. The summed E-state index contributed by atoms with van der Waals surface area (Å²) >= 11 is 0. The van der Waals surface area contributed by atoms with Gasteiger partial charge < -0.3 is 20.1 Å². The molecule has 1 fully saturated rings. The number of nitrogens with one attached hydrogen (secondary N) is 2. The van der Waals surface area contributed by atoms with Crippen LogP contribution in [-0.4, -0.2) is 64.9 Å². The molecule has 1 aliphatic rings. The maximum absolute atomic E-state index is 12.2. The van der Waals surface area contributed by atoms with Crippen LogP contribution in [0.4, 0.5) is 0 Å². The zero-order valence-corrected chi connectivity index (χ0v) is 16.1. The van der Waals surface area contributed by atoms with E-state index in [0.29, 0.717) is 12.5 Å². The molecule has 1 aromatic heterocycles. The van der Waals surface area contributed by atoms with Crippen molar-refractivity contribution < 1.29 is 4.79 Å². The van der Waals surface area contributed by atoms with Gasteiger partial charge in [-0.3, -0.25) is 4.79 Å². The van der Waals surface area contributed by atoms with Gasteiger partial charge in [-0.1, -0.05) is 30.3 Å². The average Bonchev–Trinajstić information content (AvgIpc) is 3.37. The maximum Gasteiger partial charge on any atom is 0.244 e. The van der Waals surface area contributed by atoms with Crippen molar-refractivity contribution in [3.63, 3.8) is 0 Å². The molecule has 0 unspecified atom stereocenters. The molecule has 1 amide bonds. The van der Waals surface area contributed by atoms with Gasteiger partial charge in [0.2, 0.25) is 5.91 Å². The van der Waals surface area contributed by atoms with Crippen LogP contribution in [0, 0.1) is 0 Å². The third-order valence-corrected chi connectivity index (χ3v) is 4.62. The lowest BCUT2D eigenvalue weighted by Crippen LogP contribution is -2.40. The highest BCUT2D eigenvalue weighted by Gasteiger charge is 2.18. The van der Waals surface area contributed by atoms with Gasteiger partial charge in [0, 0.05) is 26.7 Å². The van der Waals surface area contributed by atoms with Gasteiger partial charge in [-0.25, -0.2) is 9.98 Å². The minimum Gasteiger partial charge on any atom is -0.357 e. The summed E-state index contributed by atoms with van der Waals surface area (Å²) in [5.41, 5.74) is 2.10. The normalized spacial score (nSPS) is 14.4. The number of imidazole rings is 1. The summed E-state index contributed by atoms with van der Waals surface area (Å²) in [5, 5.41) is 3.25. The molecule has 2 aromatic rings. The summed E-state index contributed by atoms with van der Waals surface area (Å²) in [6.07, 6.45) is 4.04. The van der Waals surface area contributed by atoms with Gasteiger partial charge in [0.15, 0.2) is 5.96 Å². The van der Waals surface area contributed by atoms with E-state index in [9.17, 15) is 4.79 Å². The quantitative estimate of drug-likeness (QED) is 0.605. The van der Waals surface area contributed by atoms with Crippen molar-refractivity contribution in [1.29, 1.82) is 0 Å². The molecule has 1 saturated heterocycles. The van der Waals surface area contributed by atoms with Gasteiger partial charge in [-0.15, -0.1) is 0 Å². The number of H-pyrrole nitrogens is 1. The molecule has 1 aromatic carbocycles. The van der Waals surface area contributed by atoms with Crippen LogP contribution in [0.1, 0.15) is 25.6 Å². The molecule has 0 spiro atoms. The van der Waals surface area contributed by atoms with Gasteiger partial charge in [0.05, 0.1) is 18.4 Å². The number of aromatic nitrogens is 2. The van der Waals surface area contributed by atoms with Crippen molar-refractivity contribution in [1.82, 2.24) is 25.1 Å². The van der Waals surface area contributed by atoms with Crippen molar-refractivity contribution in [3.05, 3.63) is 42.4 Å². The van der Waals surface area contributed by atoms with E-state index in [1.807, 2.05) is 48.2 Å². The zero-order valence-electron chi connectivity index (χ0n) is 16.1. The number of rotatable bonds is 6. The first kappa shape index (κ1) is 18.9. The van der Waals surface area contributed by atoms with Gasteiger partial charge in [-0.05, 0) is 25.3 Å². The number of carbonyl (C=O) groups excluding carboxylic acids is 1. The Morgan fingerprint density at radius 3 is 2.74 bits per heavy atom. The molecule has 2 N–H and O–H groups in total. The highest BCUT2D eigenvalue weighted by atomic mass is 16.2. The van der Waals surface area contributed by atoms with Crippen molar-refractivity contribution in [2.24, 2.45) is 4.99 Å². The SMILES string of the molecule is CCNC(=NCC(=O)N1CCCC1)N(C)Cc1ncc(-c2ccccc2)[nH]1. The molecule has 0 bridgehead atoms. The number of likely N-dealkylation sites (tertiary alicyclic amines) is 1. The monoisotopic (exact) mass is 368 g/mol. The summed E-state index contributed by atoms with van der Waals surface area (Å²) in [5.74, 6) is 1.66. The van der Waals surface area contributed by atoms with E-state index in [1.54, 1.807) is 0 Å². The van der Waals surface area contributed by atoms with Crippen LogP contribution in [0.15, 0.2) is 41.5 Å². The van der Waals surface area contributed by atoms with Crippen LogP contribution in [0.25, 0.3) is 11.3 Å². The Kier molecular flexibility index (Phi) is 6.46. The number of aliphatic imine (C=N–C) groups is 1. The molecule has 0 aliphatic carbocycles. The van der Waals surface area contributed by atoms with Gasteiger partial charge >= 0.3 is 0 Å². The first-order valence-electron chi connectivity index (χ1n) is 9.54. The highest BCUT2D eigenvalue weighted by molar-refractivity contribution is 5.85. The van der Waals surface area contributed by atoms with E-state index in [0.717, 1.165) is 49.6 Å². The van der Waals surface area contributed by atoms with E-state index in [-0.39, 0.29) is 12.5 Å². The van der Waals surface area contributed by atoms with Gasteiger partial charge in [0.25, 0.3) is 0 Å². The van der Waals surface area contributed by atoms with Crippen molar-refractivity contribution in [2.45, 2.75) is 26.3 Å². The lowest BCUT2D eigenvalue weighted by atomic mass is 10.2. The Morgan fingerprint density at radius 2 is 2.04 bits per heavy atom. The van der Waals surface area contributed by atoms with Gasteiger partial charge in [0.1, 0.15) is 12.4 Å². The second-order valence-electron chi connectivity index (χ2n) is 6.72. The Hall–Kier alpha value is -2.83. The highest BCUT2D eigenvalue weighted by Crippen LogP contribution is 2.16. The van der Waals surface area contributed by atoms with E-state index < -0.39 is 0 Å². The lowest BCUT2D eigenvalue weighted by Gasteiger charge is -2.21. The first-order chi connectivity index (χ1) is 13.2. The molecule has 7 nitrogen and oxygen atoms in total. The van der Waals surface area contributed by atoms with Crippen molar-refractivity contribution >= 4 is 11.9 Å². The largest absolute Gasteiger partial charge is 0.357 e. The standard InChI is InChI=1S/C20H28N6O/c1-3-21-20(23-14-19(27)26-11-7-8-12-26)25(2)15-18-22-13-17(24-18)16-9-5-4-6-10-16/h4-6,9-10,13H,3,7-8,11-12,14-15H2,1-2H3,(H,21,23)(H,22,24). The molecule has 144 valence electrons.